The highest BCUT2D eigenvalue weighted by Gasteiger charge is 2.28. The van der Waals surface area contributed by atoms with Gasteiger partial charge in [-0.3, -0.25) is 4.99 Å². The Morgan fingerprint density at radius 3 is 2.81 bits per heavy atom. The normalized spacial score (nSPS) is 22.0. The van der Waals surface area contributed by atoms with Crippen molar-refractivity contribution in [2.24, 2.45) is 10.7 Å². The van der Waals surface area contributed by atoms with Gasteiger partial charge in [-0.15, -0.1) is 0 Å². The maximum atomic E-state index is 6.34. The predicted molar refractivity (Wildman–Crippen MR) is 108 cm³/mol. The first-order chi connectivity index (χ1) is 12.6. The molecule has 2 N–H and O–H groups in total. The van der Waals surface area contributed by atoms with Gasteiger partial charge in [-0.25, -0.2) is 9.97 Å². The second-order valence-corrected chi connectivity index (χ2v) is 8.17. The summed E-state index contributed by atoms with van der Waals surface area (Å²) < 4.78 is 0. The average Bonchev–Trinajstić information content (AvgIpc) is 3.05. The van der Waals surface area contributed by atoms with Gasteiger partial charge in [0.2, 0.25) is 0 Å². The van der Waals surface area contributed by atoms with Crippen LogP contribution in [0.1, 0.15) is 42.6 Å². The number of hydrogen-bond donors (Lipinski definition) is 1. The monoisotopic (exact) mass is 367 g/mol. The van der Waals surface area contributed by atoms with Crippen molar-refractivity contribution in [1.82, 2.24) is 9.97 Å². The molecule has 1 aromatic heterocycles. The van der Waals surface area contributed by atoms with Crippen LogP contribution in [0.4, 0.5) is 5.82 Å². The van der Waals surface area contributed by atoms with E-state index in [1.165, 1.54) is 23.3 Å². The minimum Gasteiger partial charge on any atom is -0.354 e. The summed E-state index contributed by atoms with van der Waals surface area (Å²) in [4.78, 5) is 17.7. The van der Waals surface area contributed by atoms with Crippen LogP contribution in [0.25, 0.3) is 0 Å². The van der Waals surface area contributed by atoms with Crippen molar-refractivity contribution in [1.29, 1.82) is 0 Å². The highest BCUT2D eigenvalue weighted by molar-refractivity contribution is 8.14. The molecule has 0 radical (unpaired) electrons. The van der Waals surface area contributed by atoms with Crippen LogP contribution in [0, 0.1) is 6.92 Å². The molecule has 0 bridgehead atoms. The van der Waals surface area contributed by atoms with Crippen LogP contribution in [0.3, 0.4) is 0 Å². The number of aromatic nitrogens is 2. The van der Waals surface area contributed by atoms with Gasteiger partial charge in [0.05, 0.1) is 18.4 Å². The van der Waals surface area contributed by atoms with Crippen LogP contribution in [-0.4, -0.2) is 34.1 Å². The van der Waals surface area contributed by atoms with Crippen molar-refractivity contribution < 1.29 is 0 Å². The van der Waals surface area contributed by atoms with Crippen molar-refractivity contribution in [3.05, 3.63) is 47.4 Å². The van der Waals surface area contributed by atoms with Crippen molar-refractivity contribution in [3.8, 4) is 0 Å². The first-order valence-electron chi connectivity index (χ1n) is 9.26. The summed E-state index contributed by atoms with van der Waals surface area (Å²) in [6.45, 7) is 2.73. The fraction of sp³-hybridized carbons (Fsp3) is 0.450. The van der Waals surface area contributed by atoms with Crippen LogP contribution < -0.4 is 10.6 Å². The molecule has 2 aliphatic rings. The van der Waals surface area contributed by atoms with E-state index in [9.17, 15) is 0 Å². The van der Waals surface area contributed by atoms with E-state index in [-0.39, 0.29) is 6.04 Å². The van der Waals surface area contributed by atoms with Gasteiger partial charge >= 0.3 is 0 Å². The van der Waals surface area contributed by atoms with Gasteiger partial charge in [0.25, 0.3) is 0 Å². The van der Waals surface area contributed by atoms with Crippen LogP contribution in [0.15, 0.2) is 40.4 Å². The molecule has 26 heavy (non-hydrogen) atoms. The van der Waals surface area contributed by atoms with Crippen molar-refractivity contribution in [3.63, 3.8) is 0 Å². The molecular weight excluding hydrogens is 342 g/mol. The third kappa shape index (κ3) is 3.35. The number of likely N-dealkylation sites (N-methyl/N-ethyl adjacent to an activating group) is 1. The molecule has 1 aromatic carbocycles. The Hall–Kier alpha value is -1.92. The molecule has 2 heterocycles. The van der Waals surface area contributed by atoms with Crippen molar-refractivity contribution >= 4 is 22.6 Å². The molecule has 1 saturated carbocycles. The molecule has 1 fully saturated rings. The average molecular weight is 368 g/mol. The number of fused-ring (bicyclic) bond motifs is 1. The van der Waals surface area contributed by atoms with Gasteiger partial charge < -0.3 is 10.6 Å². The van der Waals surface area contributed by atoms with E-state index in [4.69, 9.17) is 15.7 Å². The number of nitrogens with two attached hydrogens (primary N) is 1. The lowest BCUT2D eigenvalue weighted by atomic mass is 9.90. The van der Waals surface area contributed by atoms with E-state index in [0.29, 0.717) is 12.6 Å². The zero-order chi connectivity index (χ0) is 18.1. The standard InChI is InChI=1S/C20H25N5S/c1-13-7-3-6-10-17(13)26-20-19-15(11-23-20)24-18(12-22-19)25(2)16-9-5-4-8-14(16)21/h3,6-7,10,12,14,16H,4-5,8-9,11,21H2,1-2H3/t14-,16+/m0/s1. The second-order valence-electron chi connectivity index (χ2n) is 7.14. The molecule has 4 rings (SSSR count). The molecule has 0 amide bonds. The molecule has 2 atom stereocenters. The predicted octanol–water partition coefficient (Wildman–Crippen LogP) is 3.54. The number of anilines is 1. The van der Waals surface area contributed by atoms with Gasteiger partial charge in [-0.05, 0) is 31.4 Å². The summed E-state index contributed by atoms with van der Waals surface area (Å²) in [5, 5.41) is 0.963. The molecule has 5 nitrogen and oxygen atoms in total. The number of thioether (sulfide) groups is 1. The molecule has 136 valence electrons. The molecule has 1 aliphatic heterocycles. The Labute approximate surface area is 159 Å². The largest absolute Gasteiger partial charge is 0.354 e. The van der Waals surface area contributed by atoms with Crippen LogP contribution in [-0.2, 0) is 6.54 Å². The Morgan fingerprint density at radius 2 is 2.00 bits per heavy atom. The summed E-state index contributed by atoms with van der Waals surface area (Å²) in [6.07, 6.45) is 6.56. The van der Waals surface area contributed by atoms with E-state index < -0.39 is 0 Å². The maximum absolute atomic E-state index is 6.34. The summed E-state index contributed by atoms with van der Waals surface area (Å²) >= 11 is 1.68. The Bertz CT molecular complexity index is 835. The van der Waals surface area contributed by atoms with Gasteiger partial charge in [0.15, 0.2) is 0 Å². The first kappa shape index (κ1) is 17.5. The third-order valence-electron chi connectivity index (χ3n) is 5.35. The summed E-state index contributed by atoms with van der Waals surface area (Å²) in [5.41, 5.74) is 9.48. The fourth-order valence-corrected chi connectivity index (χ4v) is 4.72. The fourth-order valence-electron chi connectivity index (χ4n) is 3.74. The highest BCUT2D eigenvalue weighted by atomic mass is 32.2. The maximum Gasteiger partial charge on any atom is 0.147 e. The Morgan fingerprint density at radius 1 is 1.19 bits per heavy atom. The number of benzene rings is 1. The molecule has 2 aromatic rings. The van der Waals surface area contributed by atoms with Gasteiger partial charge in [-0.2, -0.15) is 0 Å². The number of hydrogen-bond acceptors (Lipinski definition) is 6. The summed E-state index contributed by atoms with van der Waals surface area (Å²) in [6, 6.07) is 8.92. The molecule has 1 aliphatic carbocycles. The van der Waals surface area contributed by atoms with E-state index in [2.05, 4.69) is 48.1 Å². The van der Waals surface area contributed by atoms with Crippen molar-refractivity contribution in [2.45, 2.75) is 56.1 Å². The molecule has 0 saturated heterocycles. The SMILES string of the molecule is Cc1ccccc1SC1=NCc2nc(N(C)[C@@H]3CCCC[C@@H]3N)cnc21. The lowest BCUT2D eigenvalue weighted by Crippen LogP contribution is -2.48. The highest BCUT2D eigenvalue weighted by Crippen LogP contribution is 2.31. The zero-order valence-electron chi connectivity index (χ0n) is 15.4. The van der Waals surface area contributed by atoms with Gasteiger partial charge in [-0.1, -0.05) is 42.8 Å². The number of nitrogens with zero attached hydrogens (tertiary/aromatic N) is 4. The molecular formula is C20H25N5S. The van der Waals surface area contributed by atoms with E-state index >= 15 is 0 Å². The third-order valence-corrected chi connectivity index (χ3v) is 6.54. The minimum absolute atomic E-state index is 0.215. The Kier molecular flexibility index (Phi) is 4.96. The number of aliphatic imine (C=N–C) groups is 1. The topological polar surface area (TPSA) is 67.4 Å². The second kappa shape index (κ2) is 7.37. The van der Waals surface area contributed by atoms with Gasteiger partial charge in [0, 0.05) is 24.0 Å². The number of rotatable bonds is 3. The quantitative estimate of drug-likeness (QED) is 0.899. The van der Waals surface area contributed by atoms with E-state index in [1.54, 1.807) is 11.8 Å². The lowest BCUT2D eigenvalue weighted by Gasteiger charge is -2.36. The van der Waals surface area contributed by atoms with E-state index in [1.807, 2.05) is 6.20 Å². The molecule has 6 heteroatoms. The smallest absolute Gasteiger partial charge is 0.147 e. The summed E-state index contributed by atoms with van der Waals surface area (Å²) in [7, 11) is 2.09. The van der Waals surface area contributed by atoms with E-state index in [0.717, 1.165) is 35.1 Å². The number of aryl methyl sites for hydroxylation is 1. The van der Waals surface area contributed by atoms with Crippen LogP contribution >= 0.6 is 11.8 Å². The van der Waals surface area contributed by atoms with Crippen LogP contribution in [0.2, 0.25) is 0 Å². The zero-order valence-corrected chi connectivity index (χ0v) is 16.2. The van der Waals surface area contributed by atoms with Gasteiger partial charge in [0.1, 0.15) is 16.6 Å². The molecule has 0 unspecified atom stereocenters. The van der Waals surface area contributed by atoms with Crippen molar-refractivity contribution in [2.75, 3.05) is 11.9 Å². The Balaban J connectivity index is 1.53. The molecule has 0 spiro atoms. The minimum atomic E-state index is 0.215. The summed E-state index contributed by atoms with van der Waals surface area (Å²) in [5.74, 6) is 0.906. The first-order valence-corrected chi connectivity index (χ1v) is 10.1. The van der Waals surface area contributed by atoms with Crippen LogP contribution in [0.5, 0.6) is 0 Å². The lowest BCUT2D eigenvalue weighted by molar-refractivity contribution is 0.372.